The zero-order valence-corrected chi connectivity index (χ0v) is 6.51. The first-order chi connectivity index (χ1) is 5.97. The molecule has 2 rings (SSSR count). The topological polar surface area (TPSA) is 29.9 Å². The van der Waals surface area contributed by atoms with Crippen LogP contribution in [0, 0.1) is 0 Å². The van der Waals surface area contributed by atoms with Gasteiger partial charge in [0.05, 0.1) is 0 Å². The highest BCUT2D eigenvalue weighted by Crippen LogP contribution is 2.02. The Balaban J connectivity index is 2.30. The fourth-order valence-electron chi connectivity index (χ4n) is 1.01. The Bertz CT molecular complexity index is 331. The predicted molar refractivity (Wildman–Crippen MR) is 47.9 cm³/mol. The number of hydrogen-bond donors (Lipinski definition) is 1. The lowest BCUT2D eigenvalue weighted by Gasteiger charge is -2.05. The van der Waals surface area contributed by atoms with Crippen molar-refractivity contribution in [1.29, 1.82) is 0 Å². The van der Waals surface area contributed by atoms with Crippen molar-refractivity contribution in [2.75, 3.05) is 0 Å². The van der Waals surface area contributed by atoms with Crippen LogP contribution in [0.5, 0.6) is 0 Å². The van der Waals surface area contributed by atoms with Crippen molar-refractivity contribution in [3.63, 3.8) is 0 Å². The second-order valence-electron chi connectivity index (χ2n) is 2.41. The molecule has 1 N–H and O–H groups in total. The van der Waals surface area contributed by atoms with Gasteiger partial charge in [0, 0.05) is 18.6 Å². The maximum absolute atomic E-state index is 3.96. The molecule has 2 heterocycles. The maximum Gasteiger partial charge on any atom is 0.115 e. The van der Waals surface area contributed by atoms with Crippen LogP contribution < -0.4 is 5.32 Å². The van der Waals surface area contributed by atoms with Gasteiger partial charge in [0.2, 0.25) is 0 Å². The highest BCUT2D eigenvalue weighted by Gasteiger charge is 1.95. The van der Waals surface area contributed by atoms with E-state index in [0.29, 0.717) is 0 Å². The van der Waals surface area contributed by atoms with Crippen molar-refractivity contribution in [2.45, 2.75) is 0 Å². The predicted octanol–water partition coefficient (Wildman–Crippen LogP) is 1.35. The Morgan fingerprint density at radius 3 is 3.08 bits per heavy atom. The van der Waals surface area contributed by atoms with Crippen molar-refractivity contribution < 1.29 is 0 Å². The number of imidazole rings is 1. The molecule has 0 atom stereocenters. The van der Waals surface area contributed by atoms with Gasteiger partial charge >= 0.3 is 0 Å². The third-order valence-electron chi connectivity index (χ3n) is 1.59. The van der Waals surface area contributed by atoms with E-state index in [-0.39, 0.29) is 0 Å². The summed E-state index contributed by atoms with van der Waals surface area (Å²) in [5.41, 5.74) is 0. The Morgan fingerprint density at radius 1 is 1.25 bits per heavy atom. The first kappa shape index (κ1) is 6.91. The summed E-state index contributed by atoms with van der Waals surface area (Å²) in [6.07, 6.45) is 15.2. The van der Waals surface area contributed by atoms with Gasteiger partial charge in [-0.1, -0.05) is 12.2 Å². The van der Waals surface area contributed by atoms with Crippen LogP contribution in [0.1, 0.15) is 0 Å². The second kappa shape index (κ2) is 3.09. The molecule has 0 radical (unpaired) electrons. The molecule has 0 fully saturated rings. The van der Waals surface area contributed by atoms with E-state index in [1.54, 1.807) is 12.5 Å². The van der Waals surface area contributed by atoms with Crippen molar-refractivity contribution in [1.82, 2.24) is 14.9 Å². The molecule has 0 unspecified atom stereocenters. The smallest absolute Gasteiger partial charge is 0.115 e. The van der Waals surface area contributed by atoms with Crippen molar-refractivity contribution in [3.05, 3.63) is 49.2 Å². The molecule has 1 aliphatic heterocycles. The minimum atomic E-state index is 0.998. The number of allylic oxidation sites excluding steroid dienone is 4. The van der Waals surface area contributed by atoms with Gasteiger partial charge < -0.3 is 5.32 Å². The van der Waals surface area contributed by atoms with E-state index < -0.39 is 0 Å². The summed E-state index contributed by atoms with van der Waals surface area (Å²) in [5.74, 6) is 0.998. The van der Waals surface area contributed by atoms with Crippen LogP contribution in [0.15, 0.2) is 49.2 Å². The third-order valence-corrected chi connectivity index (χ3v) is 1.59. The minimum absolute atomic E-state index is 0.998. The van der Waals surface area contributed by atoms with Crippen LogP contribution in [-0.2, 0) is 0 Å². The summed E-state index contributed by atoms with van der Waals surface area (Å²) in [4.78, 5) is 3.96. The monoisotopic (exact) mass is 159 g/mol. The van der Waals surface area contributed by atoms with Gasteiger partial charge in [-0.15, -0.1) is 0 Å². The maximum atomic E-state index is 3.96. The largest absolute Gasteiger partial charge is 0.348 e. The second-order valence-corrected chi connectivity index (χ2v) is 2.41. The van der Waals surface area contributed by atoms with Crippen molar-refractivity contribution in [3.8, 4) is 0 Å². The normalized spacial score (nSPS) is 15.2. The molecule has 0 aromatic carbocycles. The Kier molecular flexibility index (Phi) is 1.78. The standard InChI is InChI=1S/C9H9N3/c1-2-4-9(11-5-3-1)12-7-6-10-8-12/h1-8,11H. The first-order valence-corrected chi connectivity index (χ1v) is 3.75. The summed E-state index contributed by atoms with van der Waals surface area (Å²) >= 11 is 0. The van der Waals surface area contributed by atoms with E-state index in [4.69, 9.17) is 0 Å². The van der Waals surface area contributed by atoms with Crippen LogP contribution >= 0.6 is 0 Å². The van der Waals surface area contributed by atoms with E-state index in [9.17, 15) is 0 Å². The number of nitrogens with zero attached hydrogens (tertiary/aromatic N) is 2. The lowest BCUT2D eigenvalue weighted by atomic mass is 10.4. The molecule has 1 aromatic heterocycles. The summed E-state index contributed by atoms with van der Waals surface area (Å²) in [7, 11) is 0. The highest BCUT2D eigenvalue weighted by molar-refractivity contribution is 5.48. The number of rotatable bonds is 1. The molecule has 60 valence electrons. The molecule has 0 saturated carbocycles. The van der Waals surface area contributed by atoms with Gasteiger partial charge in [-0.25, -0.2) is 4.98 Å². The molecule has 1 aliphatic rings. The Morgan fingerprint density at radius 2 is 2.25 bits per heavy atom. The molecule has 0 saturated heterocycles. The zero-order chi connectivity index (χ0) is 8.23. The lowest BCUT2D eigenvalue weighted by Crippen LogP contribution is -2.08. The Hall–Kier alpha value is -1.77. The summed E-state index contributed by atoms with van der Waals surface area (Å²) in [6.45, 7) is 0. The summed E-state index contributed by atoms with van der Waals surface area (Å²) in [5, 5.41) is 3.12. The van der Waals surface area contributed by atoms with E-state index in [2.05, 4.69) is 10.3 Å². The molecular formula is C9H9N3. The molecule has 0 spiro atoms. The Labute approximate surface area is 70.7 Å². The van der Waals surface area contributed by atoms with Gasteiger partial charge in [0.15, 0.2) is 0 Å². The quantitative estimate of drug-likeness (QED) is 0.670. The van der Waals surface area contributed by atoms with Gasteiger partial charge in [0.1, 0.15) is 12.1 Å². The van der Waals surface area contributed by atoms with Crippen molar-refractivity contribution in [2.24, 2.45) is 0 Å². The molecule has 0 bridgehead atoms. The number of nitrogens with one attached hydrogen (secondary N) is 1. The molecule has 3 nitrogen and oxygen atoms in total. The van der Waals surface area contributed by atoms with Gasteiger partial charge in [-0.3, -0.25) is 4.57 Å². The third kappa shape index (κ3) is 1.29. The van der Waals surface area contributed by atoms with Crippen LogP contribution in [-0.4, -0.2) is 9.55 Å². The molecule has 3 heteroatoms. The van der Waals surface area contributed by atoms with Gasteiger partial charge in [0.25, 0.3) is 0 Å². The van der Waals surface area contributed by atoms with Gasteiger partial charge in [-0.05, 0) is 12.2 Å². The average molecular weight is 159 g/mol. The van der Waals surface area contributed by atoms with E-state index >= 15 is 0 Å². The summed E-state index contributed by atoms with van der Waals surface area (Å²) in [6, 6.07) is 0. The van der Waals surface area contributed by atoms with Crippen molar-refractivity contribution >= 4 is 5.82 Å². The SMILES string of the molecule is C1=CC=C(n2ccnc2)NC=C1. The molecular weight excluding hydrogens is 150 g/mol. The van der Waals surface area contributed by atoms with E-state index in [1.807, 2.05) is 41.3 Å². The molecule has 12 heavy (non-hydrogen) atoms. The number of hydrogen-bond acceptors (Lipinski definition) is 2. The fourth-order valence-corrected chi connectivity index (χ4v) is 1.01. The molecule has 0 aliphatic carbocycles. The van der Waals surface area contributed by atoms with Crippen LogP contribution in [0.3, 0.4) is 0 Å². The molecule has 0 amide bonds. The minimum Gasteiger partial charge on any atom is -0.348 e. The van der Waals surface area contributed by atoms with Crippen LogP contribution in [0.2, 0.25) is 0 Å². The highest BCUT2D eigenvalue weighted by atomic mass is 15.1. The van der Waals surface area contributed by atoms with E-state index in [1.165, 1.54) is 0 Å². The fraction of sp³-hybridized carbons (Fsp3) is 0. The molecule has 1 aromatic rings. The van der Waals surface area contributed by atoms with Crippen LogP contribution in [0.4, 0.5) is 0 Å². The lowest BCUT2D eigenvalue weighted by molar-refractivity contribution is 0.986. The van der Waals surface area contributed by atoms with Crippen LogP contribution in [0.25, 0.3) is 5.82 Å². The summed E-state index contributed by atoms with van der Waals surface area (Å²) < 4.78 is 1.92. The van der Waals surface area contributed by atoms with E-state index in [0.717, 1.165) is 5.82 Å². The zero-order valence-electron chi connectivity index (χ0n) is 6.51. The average Bonchev–Trinajstić information content (AvgIpc) is 2.48. The van der Waals surface area contributed by atoms with Gasteiger partial charge in [-0.2, -0.15) is 0 Å². The number of aromatic nitrogens is 2. The first-order valence-electron chi connectivity index (χ1n) is 3.75.